The van der Waals surface area contributed by atoms with E-state index in [4.69, 9.17) is 11.6 Å². The lowest BCUT2D eigenvalue weighted by Gasteiger charge is -2.08. The van der Waals surface area contributed by atoms with Crippen molar-refractivity contribution in [1.82, 2.24) is 9.55 Å². The van der Waals surface area contributed by atoms with Gasteiger partial charge in [-0.1, -0.05) is 6.07 Å². The fourth-order valence-corrected chi connectivity index (χ4v) is 3.37. The Kier molecular flexibility index (Phi) is 4.27. The molecule has 0 N–H and O–H groups in total. The van der Waals surface area contributed by atoms with E-state index in [0.717, 1.165) is 24.3 Å². The SMILES string of the molecule is Cc1cc2c(cc1F)nc(CCCl)n2CCc1cccs1. The molecule has 0 bridgehead atoms. The third kappa shape index (κ3) is 2.97. The van der Waals surface area contributed by atoms with Gasteiger partial charge in [0.1, 0.15) is 11.6 Å². The van der Waals surface area contributed by atoms with Crippen LogP contribution >= 0.6 is 22.9 Å². The second-order valence-corrected chi connectivity index (χ2v) is 6.45. The molecule has 3 aromatic rings. The summed E-state index contributed by atoms with van der Waals surface area (Å²) >= 11 is 7.63. The molecule has 0 saturated carbocycles. The Morgan fingerprint density at radius 2 is 2.19 bits per heavy atom. The van der Waals surface area contributed by atoms with Gasteiger partial charge in [-0.2, -0.15) is 0 Å². The third-order valence-corrected chi connectivity index (χ3v) is 4.71. The van der Waals surface area contributed by atoms with Crippen molar-refractivity contribution in [2.24, 2.45) is 0 Å². The molecular formula is C16H16ClFN2S. The number of halogens is 2. The molecule has 110 valence electrons. The van der Waals surface area contributed by atoms with Crippen molar-refractivity contribution >= 4 is 34.0 Å². The first-order valence-corrected chi connectivity index (χ1v) is 8.34. The number of thiophene rings is 1. The van der Waals surface area contributed by atoms with Gasteiger partial charge >= 0.3 is 0 Å². The molecule has 2 nitrogen and oxygen atoms in total. The number of imidazole rings is 1. The molecule has 0 aliphatic carbocycles. The van der Waals surface area contributed by atoms with Gasteiger partial charge < -0.3 is 4.57 Å². The highest BCUT2D eigenvalue weighted by atomic mass is 35.5. The van der Waals surface area contributed by atoms with Gasteiger partial charge in [-0.25, -0.2) is 9.37 Å². The van der Waals surface area contributed by atoms with Crippen molar-refractivity contribution in [1.29, 1.82) is 0 Å². The molecule has 3 rings (SSSR count). The van der Waals surface area contributed by atoms with Crippen LogP contribution < -0.4 is 0 Å². The van der Waals surface area contributed by atoms with E-state index in [1.807, 2.05) is 6.07 Å². The average Bonchev–Trinajstić information content (AvgIpc) is 3.06. The minimum Gasteiger partial charge on any atom is -0.328 e. The topological polar surface area (TPSA) is 17.8 Å². The predicted octanol–water partition coefficient (Wildman–Crippen LogP) is 4.57. The molecule has 0 aliphatic heterocycles. The Morgan fingerprint density at radius 3 is 2.90 bits per heavy atom. The van der Waals surface area contributed by atoms with Crippen LogP contribution in [0.1, 0.15) is 16.3 Å². The number of aryl methyl sites for hydroxylation is 4. The van der Waals surface area contributed by atoms with Gasteiger partial charge in [-0.05, 0) is 36.4 Å². The Labute approximate surface area is 132 Å². The van der Waals surface area contributed by atoms with Crippen molar-refractivity contribution in [3.8, 4) is 0 Å². The average molecular weight is 323 g/mol. The number of aromatic nitrogens is 2. The highest BCUT2D eigenvalue weighted by Crippen LogP contribution is 2.22. The van der Waals surface area contributed by atoms with E-state index in [9.17, 15) is 4.39 Å². The summed E-state index contributed by atoms with van der Waals surface area (Å²) in [6.45, 7) is 2.63. The minimum absolute atomic E-state index is 0.206. The van der Waals surface area contributed by atoms with Crippen LogP contribution in [0.4, 0.5) is 4.39 Å². The van der Waals surface area contributed by atoms with Crippen LogP contribution in [-0.2, 0) is 19.4 Å². The number of rotatable bonds is 5. The van der Waals surface area contributed by atoms with Crippen LogP contribution in [0.15, 0.2) is 29.6 Å². The van der Waals surface area contributed by atoms with Gasteiger partial charge in [0.2, 0.25) is 0 Å². The molecular weight excluding hydrogens is 307 g/mol. The zero-order chi connectivity index (χ0) is 14.8. The molecule has 5 heteroatoms. The molecule has 0 fully saturated rings. The summed E-state index contributed by atoms with van der Waals surface area (Å²) in [5, 5.41) is 2.08. The van der Waals surface area contributed by atoms with Gasteiger partial charge in [0.25, 0.3) is 0 Å². The lowest BCUT2D eigenvalue weighted by Crippen LogP contribution is -2.06. The van der Waals surface area contributed by atoms with Gasteiger partial charge in [-0.15, -0.1) is 22.9 Å². The van der Waals surface area contributed by atoms with E-state index in [0.29, 0.717) is 23.4 Å². The maximum atomic E-state index is 13.7. The number of hydrogen-bond acceptors (Lipinski definition) is 2. The Hall–Kier alpha value is -1.39. The maximum absolute atomic E-state index is 13.7. The quantitative estimate of drug-likeness (QED) is 0.629. The lowest BCUT2D eigenvalue weighted by atomic mass is 10.2. The fourth-order valence-electron chi connectivity index (χ4n) is 2.50. The van der Waals surface area contributed by atoms with Crippen LogP contribution in [-0.4, -0.2) is 15.4 Å². The summed E-state index contributed by atoms with van der Waals surface area (Å²) in [7, 11) is 0. The smallest absolute Gasteiger partial charge is 0.128 e. The van der Waals surface area contributed by atoms with E-state index in [1.165, 1.54) is 10.9 Å². The molecule has 0 unspecified atom stereocenters. The monoisotopic (exact) mass is 322 g/mol. The van der Waals surface area contributed by atoms with Gasteiger partial charge in [0.15, 0.2) is 0 Å². The third-order valence-electron chi connectivity index (χ3n) is 3.59. The van der Waals surface area contributed by atoms with Crippen molar-refractivity contribution in [2.45, 2.75) is 26.3 Å². The predicted molar refractivity (Wildman–Crippen MR) is 86.9 cm³/mol. The molecule has 2 heterocycles. The van der Waals surface area contributed by atoms with E-state index in [2.05, 4.69) is 27.1 Å². The minimum atomic E-state index is -0.206. The van der Waals surface area contributed by atoms with E-state index < -0.39 is 0 Å². The van der Waals surface area contributed by atoms with Crippen LogP contribution in [0.3, 0.4) is 0 Å². The Morgan fingerprint density at radius 1 is 1.33 bits per heavy atom. The van der Waals surface area contributed by atoms with E-state index >= 15 is 0 Å². The standard InChI is InChI=1S/C16H16ClFN2S/c1-11-9-15-14(10-13(11)18)19-16(4-6-17)20(15)7-5-12-3-2-8-21-12/h2-3,8-10H,4-7H2,1H3. The molecule has 21 heavy (non-hydrogen) atoms. The molecule has 2 aromatic heterocycles. The summed E-state index contributed by atoms with van der Waals surface area (Å²) in [6.07, 6.45) is 1.65. The first kappa shape index (κ1) is 14.5. The second kappa shape index (κ2) is 6.16. The van der Waals surface area contributed by atoms with Crippen molar-refractivity contribution in [2.75, 3.05) is 5.88 Å². The molecule has 0 saturated heterocycles. The normalized spacial score (nSPS) is 11.4. The van der Waals surface area contributed by atoms with Gasteiger partial charge in [0.05, 0.1) is 11.0 Å². The molecule has 0 amide bonds. The summed E-state index contributed by atoms with van der Waals surface area (Å²) in [5.74, 6) is 1.24. The summed E-state index contributed by atoms with van der Waals surface area (Å²) < 4.78 is 15.9. The largest absolute Gasteiger partial charge is 0.328 e. The van der Waals surface area contributed by atoms with Crippen molar-refractivity contribution in [3.63, 3.8) is 0 Å². The number of fused-ring (bicyclic) bond motifs is 1. The Balaban J connectivity index is 2.00. The van der Waals surface area contributed by atoms with Gasteiger partial charge in [0, 0.05) is 29.8 Å². The number of nitrogens with zero attached hydrogens (tertiary/aromatic N) is 2. The molecule has 0 spiro atoms. The first-order valence-electron chi connectivity index (χ1n) is 6.92. The summed E-state index contributed by atoms with van der Waals surface area (Å²) in [5.41, 5.74) is 2.35. The summed E-state index contributed by atoms with van der Waals surface area (Å²) in [6, 6.07) is 7.59. The van der Waals surface area contributed by atoms with Crippen molar-refractivity contribution in [3.05, 3.63) is 51.7 Å². The molecule has 1 aromatic carbocycles. The number of alkyl halides is 1. The second-order valence-electron chi connectivity index (χ2n) is 5.04. The first-order chi connectivity index (χ1) is 10.2. The lowest BCUT2D eigenvalue weighted by molar-refractivity contribution is 0.620. The van der Waals surface area contributed by atoms with E-state index in [-0.39, 0.29) is 5.82 Å². The Bertz CT molecular complexity index is 749. The van der Waals surface area contributed by atoms with Crippen LogP contribution in [0.25, 0.3) is 11.0 Å². The number of hydrogen-bond donors (Lipinski definition) is 0. The van der Waals surface area contributed by atoms with Crippen LogP contribution in [0, 0.1) is 12.7 Å². The molecule has 0 atom stereocenters. The fraction of sp³-hybridized carbons (Fsp3) is 0.312. The highest BCUT2D eigenvalue weighted by molar-refractivity contribution is 7.09. The van der Waals surface area contributed by atoms with Gasteiger partial charge in [-0.3, -0.25) is 0 Å². The zero-order valence-electron chi connectivity index (χ0n) is 11.8. The van der Waals surface area contributed by atoms with E-state index in [1.54, 1.807) is 18.3 Å². The maximum Gasteiger partial charge on any atom is 0.128 e. The van der Waals surface area contributed by atoms with Crippen molar-refractivity contribution < 1.29 is 4.39 Å². The zero-order valence-corrected chi connectivity index (χ0v) is 13.3. The number of benzene rings is 1. The molecule has 0 aliphatic rings. The van der Waals surface area contributed by atoms with Crippen LogP contribution in [0.2, 0.25) is 0 Å². The highest BCUT2D eigenvalue weighted by Gasteiger charge is 2.13. The molecule has 0 radical (unpaired) electrons. The summed E-state index contributed by atoms with van der Waals surface area (Å²) in [4.78, 5) is 5.89. The van der Waals surface area contributed by atoms with Crippen LogP contribution in [0.5, 0.6) is 0 Å².